The zero-order valence-electron chi connectivity index (χ0n) is 9.13. The van der Waals surface area contributed by atoms with E-state index in [9.17, 15) is 21.6 Å². The average molecular weight is 325 g/mol. The van der Waals surface area contributed by atoms with Crippen LogP contribution in [0.3, 0.4) is 0 Å². The Morgan fingerprint density at radius 2 is 1.94 bits per heavy atom. The van der Waals surface area contributed by atoms with E-state index in [1.807, 2.05) is 0 Å². The van der Waals surface area contributed by atoms with Crippen LogP contribution in [-0.2, 0) is 28.4 Å². The summed E-state index contributed by atoms with van der Waals surface area (Å²) in [5.74, 6) is -0.806. The van der Waals surface area contributed by atoms with Gasteiger partial charge >= 0.3 is 6.18 Å². The van der Waals surface area contributed by atoms with E-state index >= 15 is 0 Å². The molecule has 0 aliphatic rings. The van der Waals surface area contributed by atoms with Crippen molar-refractivity contribution in [2.24, 2.45) is 0 Å². The van der Waals surface area contributed by atoms with E-state index in [4.69, 9.17) is 23.2 Å². The predicted molar refractivity (Wildman–Crippen MR) is 61.5 cm³/mol. The van der Waals surface area contributed by atoms with Crippen LogP contribution in [0.4, 0.5) is 13.2 Å². The maximum Gasteiger partial charge on any atom is 0.435 e. The molecule has 0 spiro atoms. The Bertz CT molecular complexity index is 539. The summed E-state index contributed by atoms with van der Waals surface area (Å²) in [5, 5.41) is 2.97. The van der Waals surface area contributed by atoms with Crippen molar-refractivity contribution >= 4 is 33.0 Å². The van der Waals surface area contributed by atoms with Gasteiger partial charge in [0.05, 0.1) is 18.2 Å². The lowest BCUT2D eigenvalue weighted by molar-refractivity contribution is -0.142. The fraction of sp³-hybridized carbons (Fsp3) is 0.625. The minimum atomic E-state index is -4.68. The SMILES string of the molecule is CS(=O)(=O)CCn1nc(C(F)(F)F)c(CCl)c1Cl. The van der Waals surface area contributed by atoms with Gasteiger partial charge in [-0.05, 0) is 0 Å². The Balaban J connectivity index is 3.12. The number of alkyl halides is 4. The Kier molecular flexibility index (Phi) is 4.56. The summed E-state index contributed by atoms with van der Waals surface area (Å²) >= 11 is 11.1. The number of halogens is 5. The number of hydrogen-bond acceptors (Lipinski definition) is 3. The van der Waals surface area contributed by atoms with Gasteiger partial charge < -0.3 is 0 Å². The fourth-order valence-electron chi connectivity index (χ4n) is 1.23. The summed E-state index contributed by atoms with van der Waals surface area (Å²) in [4.78, 5) is 0. The van der Waals surface area contributed by atoms with Crippen molar-refractivity contribution in [1.29, 1.82) is 0 Å². The molecular weight excluding hydrogens is 316 g/mol. The molecule has 0 radical (unpaired) electrons. The van der Waals surface area contributed by atoms with E-state index in [1.54, 1.807) is 0 Å². The Labute approximate surface area is 112 Å². The third kappa shape index (κ3) is 3.76. The molecule has 0 bridgehead atoms. The summed E-state index contributed by atoms with van der Waals surface area (Å²) in [6.07, 6.45) is -3.71. The van der Waals surface area contributed by atoms with Gasteiger partial charge in [0.25, 0.3) is 0 Å². The van der Waals surface area contributed by atoms with Crippen molar-refractivity contribution in [2.45, 2.75) is 18.6 Å². The van der Waals surface area contributed by atoms with Crippen LogP contribution in [0.25, 0.3) is 0 Å². The van der Waals surface area contributed by atoms with Crippen LogP contribution in [-0.4, -0.2) is 30.2 Å². The van der Waals surface area contributed by atoms with E-state index in [0.717, 1.165) is 10.9 Å². The molecule has 0 aromatic carbocycles. The van der Waals surface area contributed by atoms with Crippen molar-refractivity contribution in [3.63, 3.8) is 0 Å². The smallest absolute Gasteiger partial charge is 0.252 e. The molecule has 1 aromatic heterocycles. The molecule has 0 aliphatic heterocycles. The molecule has 0 fully saturated rings. The van der Waals surface area contributed by atoms with Gasteiger partial charge in [-0.1, -0.05) is 11.6 Å². The van der Waals surface area contributed by atoms with E-state index in [-0.39, 0.29) is 23.0 Å². The van der Waals surface area contributed by atoms with Gasteiger partial charge in [0, 0.05) is 11.8 Å². The third-order valence-electron chi connectivity index (χ3n) is 2.06. The monoisotopic (exact) mass is 324 g/mol. The van der Waals surface area contributed by atoms with Gasteiger partial charge in [-0.25, -0.2) is 8.42 Å². The van der Waals surface area contributed by atoms with Gasteiger partial charge in [-0.3, -0.25) is 4.68 Å². The van der Waals surface area contributed by atoms with Crippen molar-refractivity contribution in [3.05, 3.63) is 16.4 Å². The first-order valence-corrected chi connectivity index (χ1v) is 7.59. The standard InChI is InChI=1S/C8H9Cl2F3N2O2S/c1-18(16,17)3-2-15-7(10)5(4-9)6(14-15)8(11,12)13/h2-4H2,1H3. The number of rotatable bonds is 4. The van der Waals surface area contributed by atoms with Gasteiger partial charge in [-0.15, -0.1) is 11.6 Å². The topological polar surface area (TPSA) is 52.0 Å². The summed E-state index contributed by atoms with van der Waals surface area (Å²) in [5.41, 5.74) is -1.53. The fourth-order valence-corrected chi connectivity index (χ4v) is 2.33. The maximum absolute atomic E-state index is 12.6. The van der Waals surface area contributed by atoms with Gasteiger partial charge in [0.1, 0.15) is 15.0 Å². The molecule has 0 amide bonds. The summed E-state index contributed by atoms with van der Waals surface area (Å²) < 4.78 is 60.5. The number of aromatic nitrogens is 2. The summed E-state index contributed by atoms with van der Waals surface area (Å²) in [6, 6.07) is 0. The van der Waals surface area contributed by atoms with E-state index < -0.39 is 27.6 Å². The Morgan fingerprint density at radius 1 is 1.39 bits per heavy atom. The quantitative estimate of drug-likeness (QED) is 0.799. The van der Waals surface area contributed by atoms with Crippen molar-refractivity contribution in [2.75, 3.05) is 12.0 Å². The highest BCUT2D eigenvalue weighted by molar-refractivity contribution is 7.90. The molecular formula is C8H9Cl2F3N2O2S. The molecule has 1 aromatic rings. The van der Waals surface area contributed by atoms with Crippen LogP contribution in [0.1, 0.15) is 11.3 Å². The van der Waals surface area contributed by atoms with E-state index in [0.29, 0.717) is 0 Å². The van der Waals surface area contributed by atoms with Gasteiger partial charge in [-0.2, -0.15) is 18.3 Å². The number of aryl methyl sites for hydroxylation is 1. The molecule has 1 rings (SSSR count). The zero-order chi connectivity index (χ0) is 14.1. The molecule has 4 nitrogen and oxygen atoms in total. The second-order valence-electron chi connectivity index (χ2n) is 3.60. The van der Waals surface area contributed by atoms with Crippen LogP contribution in [0.5, 0.6) is 0 Å². The maximum atomic E-state index is 12.6. The van der Waals surface area contributed by atoms with Crippen molar-refractivity contribution in [1.82, 2.24) is 9.78 Å². The predicted octanol–water partition coefficient (Wildman–Crippen LogP) is 2.34. The zero-order valence-corrected chi connectivity index (χ0v) is 11.5. The highest BCUT2D eigenvalue weighted by Crippen LogP contribution is 2.35. The first kappa shape index (κ1) is 15.6. The Hall–Kier alpha value is -0.470. The third-order valence-corrected chi connectivity index (χ3v) is 3.67. The second-order valence-corrected chi connectivity index (χ2v) is 6.49. The van der Waals surface area contributed by atoms with Crippen molar-refractivity contribution in [3.8, 4) is 0 Å². The number of sulfone groups is 1. The lowest BCUT2D eigenvalue weighted by atomic mass is 10.3. The van der Waals surface area contributed by atoms with E-state index in [2.05, 4.69) is 5.10 Å². The van der Waals surface area contributed by atoms with Crippen LogP contribution in [0.15, 0.2) is 0 Å². The van der Waals surface area contributed by atoms with Gasteiger partial charge in [0.15, 0.2) is 5.69 Å². The van der Waals surface area contributed by atoms with E-state index in [1.165, 1.54) is 0 Å². The molecule has 1 heterocycles. The average Bonchev–Trinajstić information content (AvgIpc) is 2.50. The van der Waals surface area contributed by atoms with Crippen molar-refractivity contribution < 1.29 is 21.6 Å². The molecule has 0 aliphatic carbocycles. The molecule has 0 atom stereocenters. The molecule has 10 heteroatoms. The molecule has 0 unspecified atom stereocenters. The summed E-state index contributed by atoms with van der Waals surface area (Å²) in [6.45, 7) is -0.252. The second kappa shape index (κ2) is 5.26. The lowest BCUT2D eigenvalue weighted by Crippen LogP contribution is -2.14. The highest BCUT2D eigenvalue weighted by atomic mass is 35.5. The highest BCUT2D eigenvalue weighted by Gasteiger charge is 2.38. The molecule has 0 N–H and O–H groups in total. The van der Waals surface area contributed by atoms with Crippen LogP contribution < -0.4 is 0 Å². The molecule has 0 saturated heterocycles. The minimum Gasteiger partial charge on any atom is -0.252 e. The first-order chi connectivity index (χ1) is 8.06. The normalized spacial score (nSPS) is 13.0. The number of hydrogen-bond donors (Lipinski definition) is 0. The lowest BCUT2D eigenvalue weighted by Gasteiger charge is -2.03. The Morgan fingerprint density at radius 3 is 2.28 bits per heavy atom. The molecule has 0 saturated carbocycles. The van der Waals surface area contributed by atoms with Gasteiger partial charge in [0.2, 0.25) is 0 Å². The minimum absolute atomic E-state index is 0.252. The number of nitrogens with zero attached hydrogens (tertiary/aromatic N) is 2. The summed E-state index contributed by atoms with van der Waals surface area (Å²) in [7, 11) is -3.32. The largest absolute Gasteiger partial charge is 0.435 e. The van der Waals surface area contributed by atoms with Crippen LogP contribution in [0.2, 0.25) is 5.15 Å². The molecule has 18 heavy (non-hydrogen) atoms. The van der Waals surface area contributed by atoms with Crippen LogP contribution in [0, 0.1) is 0 Å². The molecule has 104 valence electrons. The van der Waals surface area contributed by atoms with Crippen LogP contribution >= 0.6 is 23.2 Å². The first-order valence-electron chi connectivity index (χ1n) is 4.62.